The molecule has 2 atom stereocenters. The standard InChI is InChI=1S/C10H19NOS/c1-11(7-10-8-12-10)9-3-2-5-13-6-4-9/h9-10H,2-8H2,1H3/t9?,10-/m1/s1. The number of ether oxygens (including phenoxy) is 1. The number of thioether (sulfide) groups is 1. The zero-order chi connectivity index (χ0) is 9.10. The lowest BCUT2D eigenvalue weighted by molar-refractivity contribution is 0.205. The number of likely N-dealkylation sites (N-methyl/N-ethyl adjacent to an activating group) is 1. The Balaban J connectivity index is 1.74. The molecule has 0 aromatic heterocycles. The second-order valence-corrected chi connectivity index (χ2v) is 5.32. The van der Waals surface area contributed by atoms with Gasteiger partial charge in [0.15, 0.2) is 0 Å². The summed E-state index contributed by atoms with van der Waals surface area (Å²) in [6, 6.07) is 0.819. The van der Waals surface area contributed by atoms with Crippen LogP contribution >= 0.6 is 11.8 Å². The van der Waals surface area contributed by atoms with Crippen molar-refractivity contribution in [2.75, 3.05) is 31.7 Å². The van der Waals surface area contributed by atoms with E-state index in [4.69, 9.17) is 4.74 Å². The smallest absolute Gasteiger partial charge is 0.0936 e. The van der Waals surface area contributed by atoms with Crippen LogP contribution in [0.2, 0.25) is 0 Å². The van der Waals surface area contributed by atoms with Gasteiger partial charge in [-0.3, -0.25) is 0 Å². The highest BCUT2D eigenvalue weighted by Crippen LogP contribution is 2.22. The molecule has 0 aromatic rings. The number of rotatable bonds is 3. The number of nitrogens with zero attached hydrogens (tertiary/aromatic N) is 1. The quantitative estimate of drug-likeness (QED) is 0.645. The van der Waals surface area contributed by atoms with Crippen LogP contribution in [0.1, 0.15) is 19.3 Å². The molecule has 2 aliphatic rings. The maximum atomic E-state index is 5.25. The van der Waals surface area contributed by atoms with Crippen molar-refractivity contribution in [3.8, 4) is 0 Å². The van der Waals surface area contributed by atoms with Crippen molar-refractivity contribution in [1.29, 1.82) is 0 Å². The molecule has 2 saturated heterocycles. The molecule has 0 N–H and O–H groups in total. The van der Waals surface area contributed by atoms with Gasteiger partial charge in [0.25, 0.3) is 0 Å². The normalized spacial score (nSPS) is 34.6. The van der Waals surface area contributed by atoms with E-state index < -0.39 is 0 Å². The van der Waals surface area contributed by atoms with Gasteiger partial charge in [-0.2, -0.15) is 11.8 Å². The Hall–Kier alpha value is 0.270. The summed E-state index contributed by atoms with van der Waals surface area (Å²) in [6.07, 6.45) is 4.70. The highest BCUT2D eigenvalue weighted by atomic mass is 32.2. The Morgan fingerprint density at radius 2 is 2.23 bits per heavy atom. The second-order valence-electron chi connectivity index (χ2n) is 4.09. The maximum absolute atomic E-state index is 5.25. The molecule has 2 aliphatic heterocycles. The molecule has 0 aromatic carbocycles. The van der Waals surface area contributed by atoms with Gasteiger partial charge in [-0.25, -0.2) is 0 Å². The van der Waals surface area contributed by atoms with Crippen LogP contribution in [-0.2, 0) is 4.74 Å². The molecule has 76 valence electrons. The largest absolute Gasteiger partial charge is 0.372 e. The molecule has 0 aliphatic carbocycles. The van der Waals surface area contributed by atoms with Crippen LogP contribution in [0.15, 0.2) is 0 Å². The monoisotopic (exact) mass is 201 g/mol. The van der Waals surface area contributed by atoms with Gasteiger partial charge in [0.2, 0.25) is 0 Å². The van der Waals surface area contributed by atoms with Crippen LogP contribution in [0.25, 0.3) is 0 Å². The zero-order valence-corrected chi connectivity index (χ0v) is 9.18. The topological polar surface area (TPSA) is 15.8 Å². The molecule has 3 heteroatoms. The second kappa shape index (κ2) is 4.67. The van der Waals surface area contributed by atoms with Crippen molar-refractivity contribution in [3.63, 3.8) is 0 Å². The first kappa shape index (κ1) is 9.81. The van der Waals surface area contributed by atoms with Crippen molar-refractivity contribution >= 4 is 11.8 Å². The van der Waals surface area contributed by atoms with E-state index in [1.54, 1.807) is 0 Å². The fourth-order valence-electron chi connectivity index (χ4n) is 1.97. The van der Waals surface area contributed by atoms with Crippen LogP contribution in [0.5, 0.6) is 0 Å². The lowest BCUT2D eigenvalue weighted by Crippen LogP contribution is -2.34. The predicted molar refractivity (Wildman–Crippen MR) is 57.3 cm³/mol. The minimum Gasteiger partial charge on any atom is -0.372 e. The van der Waals surface area contributed by atoms with Gasteiger partial charge in [0.1, 0.15) is 0 Å². The van der Waals surface area contributed by atoms with E-state index in [1.807, 2.05) is 0 Å². The fourth-order valence-corrected chi connectivity index (χ4v) is 2.98. The fraction of sp³-hybridized carbons (Fsp3) is 1.00. The Labute approximate surface area is 85.0 Å². The van der Waals surface area contributed by atoms with Gasteiger partial charge in [-0.05, 0) is 37.8 Å². The SMILES string of the molecule is CN(C[C@@H]1CO1)C1CCCSCC1. The first-order chi connectivity index (χ1) is 6.36. The van der Waals surface area contributed by atoms with E-state index >= 15 is 0 Å². The summed E-state index contributed by atoms with van der Waals surface area (Å²) >= 11 is 2.11. The Kier molecular flexibility index (Phi) is 3.52. The minimum absolute atomic E-state index is 0.556. The number of hydrogen-bond donors (Lipinski definition) is 0. The summed E-state index contributed by atoms with van der Waals surface area (Å²) in [7, 11) is 2.25. The van der Waals surface area contributed by atoms with Crippen molar-refractivity contribution in [3.05, 3.63) is 0 Å². The van der Waals surface area contributed by atoms with Crippen molar-refractivity contribution in [2.24, 2.45) is 0 Å². The third-order valence-corrected chi connectivity index (χ3v) is 4.04. The Bertz CT molecular complexity index is 153. The molecule has 2 rings (SSSR count). The van der Waals surface area contributed by atoms with E-state index in [1.165, 1.54) is 30.8 Å². The minimum atomic E-state index is 0.556. The van der Waals surface area contributed by atoms with Crippen molar-refractivity contribution < 1.29 is 4.74 Å². The summed E-state index contributed by atoms with van der Waals surface area (Å²) < 4.78 is 5.25. The molecule has 2 nitrogen and oxygen atoms in total. The summed E-state index contributed by atoms with van der Waals surface area (Å²) in [5.41, 5.74) is 0. The van der Waals surface area contributed by atoms with Crippen LogP contribution in [0.3, 0.4) is 0 Å². The first-order valence-corrected chi connectivity index (χ1v) is 6.41. The van der Waals surface area contributed by atoms with Gasteiger partial charge in [0.05, 0.1) is 12.7 Å². The molecule has 13 heavy (non-hydrogen) atoms. The van der Waals surface area contributed by atoms with E-state index in [9.17, 15) is 0 Å². The average Bonchev–Trinajstić information content (AvgIpc) is 2.87. The highest BCUT2D eigenvalue weighted by Gasteiger charge is 2.27. The summed E-state index contributed by atoms with van der Waals surface area (Å²) in [5.74, 6) is 2.71. The Morgan fingerprint density at radius 1 is 1.38 bits per heavy atom. The molecule has 2 heterocycles. The number of hydrogen-bond acceptors (Lipinski definition) is 3. The van der Waals surface area contributed by atoms with E-state index in [-0.39, 0.29) is 0 Å². The average molecular weight is 201 g/mol. The van der Waals surface area contributed by atoms with E-state index in [0.717, 1.165) is 19.2 Å². The van der Waals surface area contributed by atoms with Gasteiger partial charge >= 0.3 is 0 Å². The van der Waals surface area contributed by atoms with Crippen LogP contribution in [0, 0.1) is 0 Å². The molecule has 0 saturated carbocycles. The van der Waals surface area contributed by atoms with Gasteiger partial charge in [0, 0.05) is 12.6 Å². The molecule has 0 amide bonds. The predicted octanol–water partition coefficient (Wildman–Crippen LogP) is 1.60. The van der Waals surface area contributed by atoms with Crippen LogP contribution in [0.4, 0.5) is 0 Å². The molecule has 0 radical (unpaired) electrons. The van der Waals surface area contributed by atoms with E-state index in [0.29, 0.717) is 6.10 Å². The maximum Gasteiger partial charge on any atom is 0.0936 e. The molecular formula is C10H19NOS. The Morgan fingerprint density at radius 3 is 3.00 bits per heavy atom. The summed E-state index contributed by atoms with van der Waals surface area (Å²) in [6.45, 7) is 2.14. The van der Waals surface area contributed by atoms with Crippen LogP contribution in [-0.4, -0.2) is 48.8 Å². The number of epoxide rings is 1. The van der Waals surface area contributed by atoms with Gasteiger partial charge in [-0.1, -0.05) is 0 Å². The van der Waals surface area contributed by atoms with E-state index in [2.05, 4.69) is 23.7 Å². The lowest BCUT2D eigenvalue weighted by Gasteiger charge is -2.25. The van der Waals surface area contributed by atoms with Crippen LogP contribution < -0.4 is 0 Å². The van der Waals surface area contributed by atoms with Crippen molar-refractivity contribution in [1.82, 2.24) is 4.90 Å². The first-order valence-electron chi connectivity index (χ1n) is 5.26. The third-order valence-electron chi connectivity index (χ3n) is 2.94. The third kappa shape index (κ3) is 3.15. The summed E-state index contributed by atoms with van der Waals surface area (Å²) in [4.78, 5) is 2.50. The molecule has 1 unspecified atom stereocenters. The molecule has 0 spiro atoms. The lowest BCUT2D eigenvalue weighted by atomic mass is 10.1. The van der Waals surface area contributed by atoms with Gasteiger partial charge < -0.3 is 9.64 Å². The summed E-state index contributed by atoms with van der Waals surface area (Å²) in [5, 5.41) is 0. The van der Waals surface area contributed by atoms with Crippen molar-refractivity contribution in [2.45, 2.75) is 31.4 Å². The highest BCUT2D eigenvalue weighted by molar-refractivity contribution is 7.99. The molecule has 2 fully saturated rings. The molecular weight excluding hydrogens is 182 g/mol. The van der Waals surface area contributed by atoms with Gasteiger partial charge in [-0.15, -0.1) is 0 Å². The molecule has 0 bridgehead atoms. The zero-order valence-electron chi connectivity index (χ0n) is 8.37.